The predicted octanol–water partition coefficient (Wildman–Crippen LogP) is 4.29. The summed E-state index contributed by atoms with van der Waals surface area (Å²) in [6.45, 7) is 2.01. The topological polar surface area (TPSA) is 20.3 Å². The third kappa shape index (κ3) is 3.50. The molecule has 0 N–H and O–H groups in total. The standard InChI is InChI=1S/C10H11Br2NOS/c1-6-8(11)4-7(5-9(6)12)15-10(14)13(2)3/h4-5H,1-3H3. The Morgan fingerprint density at radius 2 is 1.73 bits per heavy atom. The van der Waals surface area contributed by atoms with Crippen molar-refractivity contribution in [2.45, 2.75) is 11.8 Å². The van der Waals surface area contributed by atoms with Crippen molar-refractivity contribution in [1.82, 2.24) is 4.90 Å². The summed E-state index contributed by atoms with van der Waals surface area (Å²) >= 11 is 8.13. The fraction of sp³-hybridized carbons (Fsp3) is 0.300. The van der Waals surface area contributed by atoms with Crippen LogP contribution in [-0.4, -0.2) is 24.2 Å². The van der Waals surface area contributed by atoms with Gasteiger partial charge in [-0.05, 0) is 36.4 Å². The second-order valence-electron chi connectivity index (χ2n) is 3.27. The first-order valence-electron chi connectivity index (χ1n) is 4.26. The number of carbonyl (C=O) groups excluding carboxylic acids is 1. The van der Waals surface area contributed by atoms with Gasteiger partial charge in [-0.1, -0.05) is 31.9 Å². The van der Waals surface area contributed by atoms with Crippen LogP contribution < -0.4 is 0 Å². The van der Waals surface area contributed by atoms with E-state index in [-0.39, 0.29) is 5.24 Å². The van der Waals surface area contributed by atoms with Gasteiger partial charge in [-0.2, -0.15) is 0 Å². The van der Waals surface area contributed by atoms with Crippen LogP contribution in [0.4, 0.5) is 4.79 Å². The molecule has 0 saturated heterocycles. The summed E-state index contributed by atoms with van der Waals surface area (Å²) in [6.07, 6.45) is 0. The minimum Gasteiger partial charge on any atom is -0.339 e. The molecule has 82 valence electrons. The molecule has 1 rings (SSSR count). The molecule has 5 heteroatoms. The Balaban J connectivity index is 2.93. The first-order valence-corrected chi connectivity index (χ1v) is 6.67. The summed E-state index contributed by atoms with van der Waals surface area (Å²) < 4.78 is 2.01. The van der Waals surface area contributed by atoms with E-state index in [9.17, 15) is 4.79 Å². The van der Waals surface area contributed by atoms with Crippen molar-refractivity contribution >= 4 is 48.9 Å². The molecule has 0 atom stereocenters. The van der Waals surface area contributed by atoms with Crippen molar-refractivity contribution in [3.8, 4) is 0 Å². The smallest absolute Gasteiger partial charge is 0.285 e. The second-order valence-corrected chi connectivity index (χ2v) is 6.01. The summed E-state index contributed by atoms with van der Waals surface area (Å²) in [7, 11) is 3.49. The zero-order valence-corrected chi connectivity index (χ0v) is 12.7. The Bertz CT molecular complexity index is 370. The zero-order chi connectivity index (χ0) is 11.6. The van der Waals surface area contributed by atoms with Gasteiger partial charge in [0.15, 0.2) is 0 Å². The van der Waals surface area contributed by atoms with Crippen molar-refractivity contribution in [2.24, 2.45) is 0 Å². The van der Waals surface area contributed by atoms with E-state index in [1.807, 2.05) is 19.1 Å². The highest BCUT2D eigenvalue weighted by Crippen LogP contribution is 2.31. The van der Waals surface area contributed by atoms with Crippen LogP contribution in [0.3, 0.4) is 0 Å². The number of nitrogens with zero attached hydrogens (tertiary/aromatic N) is 1. The Kier molecular flexibility index (Phi) is 4.67. The van der Waals surface area contributed by atoms with E-state index in [0.29, 0.717) is 0 Å². The maximum Gasteiger partial charge on any atom is 0.285 e. The molecule has 1 aromatic carbocycles. The van der Waals surface area contributed by atoms with Gasteiger partial charge in [-0.25, -0.2) is 0 Å². The quantitative estimate of drug-likeness (QED) is 0.702. The molecule has 0 aliphatic carbocycles. The molecule has 2 nitrogen and oxygen atoms in total. The van der Waals surface area contributed by atoms with Crippen molar-refractivity contribution < 1.29 is 4.79 Å². The van der Waals surface area contributed by atoms with Crippen LogP contribution in [0.5, 0.6) is 0 Å². The molecule has 0 saturated carbocycles. The van der Waals surface area contributed by atoms with Gasteiger partial charge in [0.05, 0.1) is 0 Å². The number of rotatable bonds is 1. The van der Waals surface area contributed by atoms with Crippen molar-refractivity contribution in [3.63, 3.8) is 0 Å². The van der Waals surface area contributed by atoms with Gasteiger partial charge in [-0.3, -0.25) is 4.79 Å². The Morgan fingerprint density at radius 1 is 1.27 bits per heavy atom. The van der Waals surface area contributed by atoms with Crippen LogP contribution in [0.25, 0.3) is 0 Å². The summed E-state index contributed by atoms with van der Waals surface area (Å²) in [6, 6.07) is 3.90. The SMILES string of the molecule is Cc1c(Br)cc(SC(=O)N(C)C)cc1Br. The first-order chi connectivity index (χ1) is 6.91. The number of hydrogen-bond donors (Lipinski definition) is 0. The molecule has 0 heterocycles. The molecule has 15 heavy (non-hydrogen) atoms. The third-order valence-electron chi connectivity index (χ3n) is 1.82. The molecule has 0 aromatic heterocycles. The first kappa shape index (κ1) is 13.1. The van der Waals surface area contributed by atoms with Crippen LogP contribution in [0.1, 0.15) is 5.56 Å². The molecule has 1 aromatic rings. The Labute approximate surface area is 111 Å². The van der Waals surface area contributed by atoms with E-state index < -0.39 is 0 Å². The normalized spacial score (nSPS) is 10.2. The number of halogens is 2. The summed E-state index contributed by atoms with van der Waals surface area (Å²) in [5, 5.41) is 0.0256. The van der Waals surface area contributed by atoms with Crippen LogP contribution in [-0.2, 0) is 0 Å². The highest BCUT2D eigenvalue weighted by molar-refractivity contribution is 9.11. The summed E-state index contributed by atoms with van der Waals surface area (Å²) in [5.41, 5.74) is 1.14. The molecular formula is C10H11Br2NOS. The highest BCUT2D eigenvalue weighted by Gasteiger charge is 2.09. The highest BCUT2D eigenvalue weighted by atomic mass is 79.9. The number of hydrogen-bond acceptors (Lipinski definition) is 2. The average molecular weight is 353 g/mol. The number of thioether (sulfide) groups is 1. The van der Waals surface area contributed by atoms with Gasteiger partial charge in [0.25, 0.3) is 5.24 Å². The minimum absolute atomic E-state index is 0.0256. The third-order valence-corrected chi connectivity index (χ3v) is 4.48. The monoisotopic (exact) mass is 351 g/mol. The molecule has 0 aliphatic rings. The largest absolute Gasteiger partial charge is 0.339 e. The van der Waals surface area contributed by atoms with Gasteiger partial charge in [-0.15, -0.1) is 0 Å². The van der Waals surface area contributed by atoms with Gasteiger partial charge in [0.2, 0.25) is 0 Å². The average Bonchev–Trinajstić information content (AvgIpc) is 2.13. The lowest BCUT2D eigenvalue weighted by molar-refractivity contribution is 0.241. The van der Waals surface area contributed by atoms with E-state index in [0.717, 1.165) is 19.4 Å². The van der Waals surface area contributed by atoms with E-state index in [1.54, 1.807) is 19.0 Å². The van der Waals surface area contributed by atoms with Crippen LogP contribution in [0.2, 0.25) is 0 Å². The van der Waals surface area contributed by atoms with Crippen molar-refractivity contribution in [3.05, 3.63) is 26.6 Å². The van der Waals surface area contributed by atoms with Crippen LogP contribution in [0, 0.1) is 6.92 Å². The van der Waals surface area contributed by atoms with Gasteiger partial charge in [0.1, 0.15) is 0 Å². The lowest BCUT2D eigenvalue weighted by atomic mass is 10.2. The van der Waals surface area contributed by atoms with Gasteiger partial charge in [0, 0.05) is 27.9 Å². The van der Waals surface area contributed by atoms with Crippen molar-refractivity contribution in [2.75, 3.05) is 14.1 Å². The molecule has 0 radical (unpaired) electrons. The molecule has 1 amide bonds. The van der Waals surface area contributed by atoms with Crippen LogP contribution >= 0.6 is 43.6 Å². The number of amides is 1. The van der Waals surface area contributed by atoms with Crippen molar-refractivity contribution in [1.29, 1.82) is 0 Å². The lowest BCUT2D eigenvalue weighted by Gasteiger charge is -2.10. The molecule has 0 fully saturated rings. The van der Waals surface area contributed by atoms with E-state index in [1.165, 1.54) is 11.8 Å². The molecule has 0 bridgehead atoms. The molecule has 0 spiro atoms. The number of carbonyl (C=O) groups is 1. The predicted molar refractivity (Wildman–Crippen MR) is 71.5 cm³/mol. The minimum atomic E-state index is 0.0256. The zero-order valence-electron chi connectivity index (χ0n) is 8.67. The summed E-state index contributed by atoms with van der Waals surface area (Å²) in [4.78, 5) is 14.0. The fourth-order valence-corrected chi connectivity index (χ4v) is 3.10. The van der Waals surface area contributed by atoms with Gasteiger partial charge >= 0.3 is 0 Å². The van der Waals surface area contributed by atoms with Gasteiger partial charge < -0.3 is 4.90 Å². The summed E-state index contributed by atoms with van der Waals surface area (Å²) in [5.74, 6) is 0. The molecular weight excluding hydrogens is 342 g/mol. The lowest BCUT2D eigenvalue weighted by Crippen LogP contribution is -2.16. The van der Waals surface area contributed by atoms with Crippen LogP contribution in [0.15, 0.2) is 26.0 Å². The van der Waals surface area contributed by atoms with E-state index in [2.05, 4.69) is 31.9 Å². The molecule has 0 unspecified atom stereocenters. The maximum atomic E-state index is 11.5. The fourth-order valence-electron chi connectivity index (χ4n) is 0.873. The second kappa shape index (κ2) is 5.37. The van der Waals surface area contributed by atoms with E-state index in [4.69, 9.17) is 0 Å². The Morgan fingerprint density at radius 3 is 2.13 bits per heavy atom. The Hall–Kier alpha value is -0.000000000000000111. The molecule has 0 aliphatic heterocycles. The van der Waals surface area contributed by atoms with E-state index >= 15 is 0 Å². The maximum absolute atomic E-state index is 11.5. The number of benzene rings is 1.